The summed E-state index contributed by atoms with van der Waals surface area (Å²) in [6, 6.07) is 13.9. The number of amides is 1. The average Bonchev–Trinajstić information content (AvgIpc) is 2.72. The van der Waals surface area contributed by atoms with Gasteiger partial charge in [-0.2, -0.15) is 0 Å². The van der Waals surface area contributed by atoms with Gasteiger partial charge in [-0.15, -0.1) is 0 Å². The molecule has 2 aromatic rings. The molecule has 0 saturated carbocycles. The third-order valence-electron chi connectivity index (χ3n) is 5.93. The van der Waals surface area contributed by atoms with Crippen LogP contribution in [0.1, 0.15) is 56.2 Å². The van der Waals surface area contributed by atoms with Crippen LogP contribution in [0.25, 0.3) is 0 Å². The minimum absolute atomic E-state index is 0.0677. The summed E-state index contributed by atoms with van der Waals surface area (Å²) in [4.78, 5) is 26.5. The van der Waals surface area contributed by atoms with Crippen molar-refractivity contribution in [1.29, 1.82) is 0 Å². The summed E-state index contributed by atoms with van der Waals surface area (Å²) in [5, 5.41) is 12.4. The number of ether oxygens (including phenoxy) is 1. The number of aryl methyl sites for hydroxylation is 1. The highest BCUT2D eigenvalue weighted by molar-refractivity contribution is 5.96. The van der Waals surface area contributed by atoms with E-state index in [2.05, 4.69) is 10.2 Å². The molecule has 0 bridgehead atoms. The molecule has 172 valence electrons. The maximum absolute atomic E-state index is 12.9. The van der Waals surface area contributed by atoms with Gasteiger partial charge in [0, 0.05) is 13.1 Å². The second-order valence-corrected chi connectivity index (χ2v) is 8.85. The number of morpholine rings is 1. The molecule has 0 aliphatic carbocycles. The van der Waals surface area contributed by atoms with Gasteiger partial charge < -0.3 is 20.1 Å². The Labute approximate surface area is 190 Å². The zero-order valence-corrected chi connectivity index (χ0v) is 19.4. The molecule has 1 fully saturated rings. The normalized spacial score (nSPS) is 19.4. The van der Waals surface area contributed by atoms with Crippen LogP contribution < -0.4 is 10.2 Å². The van der Waals surface area contributed by atoms with Gasteiger partial charge in [0.15, 0.2) is 0 Å². The molecule has 0 aromatic heterocycles. The van der Waals surface area contributed by atoms with Crippen molar-refractivity contribution in [2.45, 2.75) is 65.1 Å². The van der Waals surface area contributed by atoms with Gasteiger partial charge in [-0.05, 0) is 56.4 Å². The molecule has 1 heterocycles. The van der Waals surface area contributed by atoms with Crippen molar-refractivity contribution in [3.05, 3.63) is 59.2 Å². The van der Waals surface area contributed by atoms with Crippen LogP contribution in [0.15, 0.2) is 42.5 Å². The molecule has 0 radical (unpaired) electrons. The second-order valence-electron chi connectivity index (χ2n) is 8.85. The molecule has 6 nitrogen and oxygen atoms in total. The first kappa shape index (κ1) is 23.8. The minimum Gasteiger partial charge on any atom is -0.481 e. The van der Waals surface area contributed by atoms with Crippen LogP contribution in [0.3, 0.4) is 0 Å². The molecule has 1 aliphatic rings. The summed E-state index contributed by atoms with van der Waals surface area (Å²) in [6.45, 7) is 9.57. The molecular weight excluding hydrogens is 404 g/mol. The number of rotatable bonds is 8. The molecule has 2 N–H and O–H groups in total. The Morgan fingerprint density at radius 3 is 2.38 bits per heavy atom. The van der Waals surface area contributed by atoms with Crippen molar-refractivity contribution in [1.82, 2.24) is 0 Å². The Morgan fingerprint density at radius 1 is 1.12 bits per heavy atom. The average molecular weight is 439 g/mol. The Bertz CT molecular complexity index is 931. The van der Waals surface area contributed by atoms with Crippen molar-refractivity contribution in [3.8, 4) is 0 Å². The van der Waals surface area contributed by atoms with Gasteiger partial charge >= 0.3 is 5.97 Å². The number of aliphatic carboxylic acids is 1. The lowest BCUT2D eigenvalue weighted by atomic mass is 9.92. The number of hydrogen-bond acceptors (Lipinski definition) is 4. The van der Waals surface area contributed by atoms with Gasteiger partial charge in [0.1, 0.15) is 0 Å². The molecule has 32 heavy (non-hydrogen) atoms. The number of nitrogens with zero attached hydrogens (tertiary/aromatic N) is 1. The SMILES string of the molecule is CC[C@H](CC(=O)O)c1ccc(N2C[C@@H](C)O[C@@H](C)C2)c(NC(=O)Cc2ccc(C)cc2)c1. The number of carbonyl (C=O) groups is 2. The summed E-state index contributed by atoms with van der Waals surface area (Å²) in [5.74, 6) is -1.01. The zero-order chi connectivity index (χ0) is 23.3. The molecule has 2 aromatic carbocycles. The maximum Gasteiger partial charge on any atom is 0.303 e. The number of nitrogens with one attached hydrogen (secondary N) is 1. The largest absolute Gasteiger partial charge is 0.481 e. The van der Waals surface area contributed by atoms with E-state index in [0.717, 1.165) is 41.2 Å². The number of hydrogen-bond donors (Lipinski definition) is 2. The van der Waals surface area contributed by atoms with Gasteiger partial charge in [-0.3, -0.25) is 9.59 Å². The summed E-state index contributed by atoms with van der Waals surface area (Å²) in [5.41, 5.74) is 4.71. The lowest BCUT2D eigenvalue weighted by Gasteiger charge is -2.38. The van der Waals surface area contributed by atoms with Gasteiger partial charge in [0.25, 0.3) is 0 Å². The molecule has 0 spiro atoms. The number of carboxylic acids is 1. The first-order chi connectivity index (χ1) is 15.2. The van der Waals surface area contributed by atoms with Crippen LogP contribution in [0.5, 0.6) is 0 Å². The van der Waals surface area contributed by atoms with E-state index in [1.54, 1.807) is 0 Å². The summed E-state index contributed by atoms with van der Waals surface area (Å²) >= 11 is 0. The van der Waals surface area contributed by atoms with E-state index < -0.39 is 5.97 Å². The van der Waals surface area contributed by atoms with Crippen molar-refractivity contribution < 1.29 is 19.4 Å². The van der Waals surface area contributed by atoms with Crippen molar-refractivity contribution in [2.75, 3.05) is 23.3 Å². The fourth-order valence-corrected chi connectivity index (χ4v) is 4.35. The van der Waals surface area contributed by atoms with E-state index >= 15 is 0 Å². The third-order valence-corrected chi connectivity index (χ3v) is 5.93. The summed E-state index contributed by atoms with van der Waals surface area (Å²) in [6.07, 6.45) is 1.24. The van der Waals surface area contributed by atoms with Crippen LogP contribution in [0.2, 0.25) is 0 Å². The molecule has 1 aliphatic heterocycles. The Kier molecular flexibility index (Phi) is 7.91. The Morgan fingerprint density at radius 2 is 1.78 bits per heavy atom. The topological polar surface area (TPSA) is 78.9 Å². The zero-order valence-electron chi connectivity index (χ0n) is 19.4. The highest BCUT2D eigenvalue weighted by Crippen LogP contribution is 2.34. The van der Waals surface area contributed by atoms with Gasteiger partial charge in [-0.25, -0.2) is 0 Å². The van der Waals surface area contributed by atoms with Crippen LogP contribution in [0.4, 0.5) is 11.4 Å². The Hall–Kier alpha value is -2.86. The van der Waals surface area contributed by atoms with Gasteiger partial charge in [0.05, 0.1) is 36.4 Å². The number of anilines is 2. The smallest absolute Gasteiger partial charge is 0.303 e. The molecule has 3 atom stereocenters. The summed E-state index contributed by atoms with van der Waals surface area (Å²) in [7, 11) is 0. The first-order valence-electron chi connectivity index (χ1n) is 11.4. The van der Waals surface area contributed by atoms with Crippen molar-refractivity contribution in [2.24, 2.45) is 0 Å². The first-order valence-corrected chi connectivity index (χ1v) is 11.4. The number of benzene rings is 2. The van der Waals surface area contributed by atoms with E-state index in [1.165, 1.54) is 0 Å². The quantitative estimate of drug-likeness (QED) is 0.621. The number of carbonyl (C=O) groups excluding carboxylic acids is 1. The monoisotopic (exact) mass is 438 g/mol. The summed E-state index contributed by atoms with van der Waals surface area (Å²) < 4.78 is 5.88. The van der Waals surface area contributed by atoms with Gasteiger partial charge in [-0.1, -0.05) is 42.8 Å². The van der Waals surface area contributed by atoms with Crippen LogP contribution >= 0.6 is 0 Å². The predicted molar refractivity (Wildman–Crippen MR) is 127 cm³/mol. The van der Waals surface area contributed by atoms with E-state index in [4.69, 9.17) is 4.74 Å². The van der Waals surface area contributed by atoms with E-state index in [-0.39, 0.29) is 36.9 Å². The highest BCUT2D eigenvalue weighted by atomic mass is 16.5. The van der Waals surface area contributed by atoms with E-state index in [1.807, 2.05) is 70.2 Å². The van der Waals surface area contributed by atoms with Crippen molar-refractivity contribution in [3.63, 3.8) is 0 Å². The van der Waals surface area contributed by atoms with Gasteiger partial charge in [0.2, 0.25) is 5.91 Å². The van der Waals surface area contributed by atoms with Crippen LogP contribution in [0, 0.1) is 6.92 Å². The predicted octanol–water partition coefficient (Wildman–Crippen LogP) is 4.76. The minimum atomic E-state index is -0.818. The molecule has 1 amide bonds. The molecular formula is C26H34N2O4. The molecule has 0 unspecified atom stereocenters. The van der Waals surface area contributed by atoms with E-state index in [9.17, 15) is 14.7 Å². The van der Waals surface area contributed by atoms with Crippen LogP contribution in [-0.2, 0) is 20.7 Å². The maximum atomic E-state index is 12.9. The van der Waals surface area contributed by atoms with Crippen LogP contribution in [-0.4, -0.2) is 42.3 Å². The number of carboxylic acid groups (broad SMARTS) is 1. The second kappa shape index (κ2) is 10.6. The fourth-order valence-electron chi connectivity index (χ4n) is 4.35. The molecule has 6 heteroatoms. The fraction of sp³-hybridized carbons (Fsp3) is 0.462. The standard InChI is InChI=1S/C26H34N2O4/c1-5-21(14-26(30)31)22-10-11-24(28-15-18(3)32-19(4)16-28)23(13-22)27-25(29)12-20-8-6-17(2)7-9-20/h6-11,13,18-19,21H,5,12,14-16H2,1-4H3,(H,27,29)(H,30,31)/t18-,19+,21-/m1/s1. The van der Waals surface area contributed by atoms with Crippen molar-refractivity contribution >= 4 is 23.3 Å². The third kappa shape index (κ3) is 6.33. The lowest BCUT2D eigenvalue weighted by molar-refractivity contribution is -0.137. The highest BCUT2D eigenvalue weighted by Gasteiger charge is 2.25. The lowest BCUT2D eigenvalue weighted by Crippen LogP contribution is -2.45. The Balaban J connectivity index is 1.89. The molecule has 1 saturated heterocycles. The molecule has 3 rings (SSSR count). The van der Waals surface area contributed by atoms with E-state index in [0.29, 0.717) is 6.42 Å².